The van der Waals surface area contributed by atoms with Crippen molar-refractivity contribution < 1.29 is 22.8 Å². The molecule has 0 amide bonds. The molecule has 3 nitrogen and oxygen atoms in total. The van der Waals surface area contributed by atoms with E-state index in [0.29, 0.717) is 0 Å². The maximum absolute atomic E-state index is 14.4. The van der Waals surface area contributed by atoms with Gasteiger partial charge in [0.15, 0.2) is 17.5 Å². The highest BCUT2D eigenvalue weighted by molar-refractivity contribution is 6.79. The molecule has 188 valence electrons. The van der Waals surface area contributed by atoms with Gasteiger partial charge in [-0.15, -0.1) is 0 Å². The van der Waals surface area contributed by atoms with Gasteiger partial charge in [0.05, 0.1) is 12.1 Å². The molecular formula is C28H34F3NO2Si. The fourth-order valence-corrected chi connectivity index (χ4v) is 6.37. The van der Waals surface area contributed by atoms with E-state index in [-0.39, 0.29) is 23.4 Å². The van der Waals surface area contributed by atoms with Crippen molar-refractivity contribution in [1.82, 2.24) is 5.06 Å². The van der Waals surface area contributed by atoms with Crippen LogP contribution in [0.4, 0.5) is 13.2 Å². The minimum atomic E-state index is -2.32. The maximum atomic E-state index is 14.4. The highest BCUT2D eigenvalue weighted by Crippen LogP contribution is 2.41. The Hall–Kier alpha value is -2.45. The smallest absolute Gasteiger partial charge is 0.267 e. The zero-order valence-electron chi connectivity index (χ0n) is 20.9. The van der Waals surface area contributed by atoms with Crippen LogP contribution in [-0.2, 0) is 4.53 Å². The highest BCUT2D eigenvalue weighted by Gasteiger charge is 2.37. The fourth-order valence-electron chi connectivity index (χ4n) is 4.11. The largest absolute Gasteiger partial charge is 0.392 e. The fraction of sp³-hybridized carbons (Fsp3) is 0.357. The van der Waals surface area contributed by atoms with E-state index < -0.39 is 38.6 Å². The van der Waals surface area contributed by atoms with E-state index in [9.17, 15) is 18.3 Å². The number of hydroxylamine groups is 2. The van der Waals surface area contributed by atoms with Crippen molar-refractivity contribution in [3.63, 3.8) is 0 Å². The summed E-state index contributed by atoms with van der Waals surface area (Å²) in [7, 11) is -2.32. The van der Waals surface area contributed by atoms with Crippen LogP contribution < -0.4 is 10.4 Å². The molecule has 0 aromatic heterocycles. The van der Waals surface area contributed by atoms with Crippen LogP contribution in [-0.4, -0.2) is 31.9 Å². The van der Waals surface area contributed by atoms with Crippen molar-refractivity contribution in [3.05, 3.63) is 95.8 Å². The molecule has 0 aliphatic rings. The highest BCUT2D eigenvalue weighted by atomic mass is 28.3. The van der Waals surface area contributed by atoms with Crippen LogP contribution in [0.1, 0.15) is 46.2 Å². The van der Waals surface area contributed by atoms with Crippen molar-refractivity contribution in [2.24, 2.45) is 11.3 Å². The number of hydrogen-bond acceptors (Lipinski definition) is 3. The van der Waals surface area contributed by atoms with Crippen molar-refractivity contribution >= 4 is 19.4 Å². The van der Waals surface area contributed by atoms with Crippen LogP contribution in [0.25, 0.3) is 0 Å². The van der Waals surface area contributed by atoms with E-state index in [2.05, 4.69) is 0 Å². The first-order chi connectivity index (χ1) is 16.5. The van der Waals surface area contributed by atoms with E-state index >= 15 is 0 Å². The summed E-state index contributed by atoms with van der Waals surface area (Å²) in [6.07, 6.45) is -0.777. The third-order valence-corrected chi connectivity index (χ3v) is 8.85. The summed E-state index contributed by atoms with van der Waals surface area (Å²) in [5.41, 5.74) is -0.0265. The molecule has 1 N–H and O–H groups in total. The second kappa shape index (κ2) is 11.5. The summed E-state index contributed by atoms with van der Waals surface area (Å²) in [6.45, 7) is 9.82. The molecule has 0 fully saturated rings. The second-order valence-electron chi connectivity index (χ2n) is 10.2. The lowest BCUT2D eigenvalue weighted by Gasteiger charge is -2.43. The van der Waals surface area contributed by atoms with Gasteiger partial charge >= 0.3 is 0 Å². The Bertz CT molecular complexity index is 1030. The molecule has 0 radical (unpaired) electrons. The molecule has 0 unspecified atom stereocenters. The molecule has 3 aromatic rings. The molecule has 0 aliphatic carbocycles. The van der Waals surface area contributed by atoms with Gasteiger partial charge in [0.1, 0.15) is 0 Å². The number of hydrogen-bond donors (Lipinski definition) is 1. The zero-order valence-corrected chi connectivity index (χ0v) is 22.0. The first kappa shape index (κ1) is 27.1. The molecule has 0 heterocycles. The van der Waals surface area contributed by atoms with Gasteiger partial charge in [0.2, 0.25) is 0 Å². The molecule has 0 saturated carbocycles. The van der Waals surface area contributed by atoms with Crippen molar-refractivity contribution in [2.45, 2.75) is 46.8 Å². The van der Waals surface area contributed by atoms with Gasteiger partial charge in [0, 0.05) is 6.54 Å². The third kappa shape index (κ3) is 6.82. The van der Waals surface area contributed by atoms with E-state index in [1.807, 2.05) is 88.4 Å². The van der Waals surface area contributed by atoms with Gasteiger partial charge in [-0.25, -0.2) is 13.2 Å². The Kier molecular flexibility index (Phi) is 8.93. The standard InChI is InChI=1S/C28H34F3NO2Si/c1-19(33)18-32(34-35(22-12-8-6-9-13-22)23-14-10-7-11-15-23)27(20(2)28(3,4)5)21-16-24(29)26(31)25(30)17-21/h6-17,19-20,27,33,35H,18H2,1-5H3/t19-,20-,27+/m0/s1. The summed E-state index contributed by atoms with van der Waals surface area (Å²) in [5.74, 6) is -4.17. The Balaban J connectivity index is 2.15. The summed E-state index contributed by atoms with van der Waals surface area (Å²) in [4.78, 5) is 0. The Morgan fingerprint density at radius 3 is 1.71 bits per heavy atom. The monoisotopic (exact) mass is 501 g/mol. The summed E-state index contributed by atoms with van der Waals surface area (Å²) >= 11 is 0. The van der Waals surface area contributed by atoms with Crippen LogP contribution in [0.5, 0.6) is 0 Å². The molecule has 0 saturated heterocycles. The van der Waals surface area contributed by atoms with E-state index in [1.54, 1.807) is 12.0 Å². The topological polar surface area (TPSA) is 32.7 Å². The predicted molar refractivity (Wildman–Crippen MR) is 136 cm³/mol. The number of aliphatic hydroxyl groups is 1. The molecular weight excluding hydrogens is 467 g/mol. The lowest BCUT2D eigenvalue weighted by molar-refractivity contribution is -0.142. The predicted octanol–water partition coefficient (Wildman–Crippen LogP) is 4.98. The maximum Gasteiger partial charge on any atom is 0.267 e. The minimum Gasteiger partial charge on any atom is -0.392 e. The average Bonchev–Trinajstić information content (AvgIpc) is 2.81. The lowest BCUT2D eigenvalue weighted by Crippen LogP contribution is -2.52. The quantitative estimate of drug-likeness (QED) is 0.255. The molecule has 3 rings (SSSR count). The molecule has 3 atom stereocenters. The SMILES string of the molecule is C[C@H](O)CN(O[SiH](c1ccccc1)c1ccccc1)[C@@H](c1cc(F)c(F)c(F)c1)[C@H](C)C(C)(C)C. The molecule has 0 spiro atoms. The normalized spacial score (nSPS) is 14.8. The average molecular weight is 502 g/mol. The van der Waals surface area contributed by atoms with Gasteiger partial charge in [-0.05, 0) is 46.3 Å². The van der Waals surface area contributed by atoms with Gasteiger partial charge in [-0.2, -0.15) is 5.06 Å². The number of benzene rings is 3. The first-order valence-electron chi connectivity index (χ1n) is 11.8. The van der Waals surface area contributed by atoms with Crippen LogP contribution in [0.2, 0.25) is 0 Å². The minimum absolute atomic E-state index is 0.106. The van der Waals surface area contributed by atoms with Crippen LogP contribution >= 0.6 is 0 Å². The van der Waals surface area contributed by atoms with E-state index in [1.165, 1.54) is 0 Å². The number of halogens is 3. The summed E-state index contributed by atoms with van der Waals surface area (Å²) in [6, 6.07) is 21.1. The molecule has 3 aromatic carbocycles. The molecule has 35 heavy (non-hydrogen) atoms. The zero-order chi connectivity index (χ0) is 25.8. The Labute approximate surface area is 207 Å². The van der Waals surface area contributed by atoms with Crippen molar-refractivity contribution in [2.75, 3.05) is 6.54 Å². The van der Waals surface area contributed by atoms with Crippen LogP contribution in [0, 0.1) is 28.8 Å². The number of aliphatic hydroxyl groups excluding tert-OH is 1. The van der Waals surface area contributed by atoms with E-state index in [4.69, 9.17) is 4.53 Å². The molecule has 0 aliphatic heterocycles. The van der Waals surface area contributed by atoms with Crippen LogP contribution in [0.3, 0.4) is 0 Å². The van der Waals surface area contributed by atoms with Crippen LogP contribution in [0.15, 0.2) is 72.8 Å². The van der Waals surface area contributed by atoms with Crippen molar-refractivity contribution in [3.8, 4) is 0 Å². The van der Waals surface area contributed by atoms with Gasteiger partial charge in [0.25, 0.3) is 9.04 Å². The molecule has 7 heteroatoms. The number of nitrogens with zero attached hydrogens (tertiary/aromatic N) is 1. The lowest BCUT2D eigenvalue weighted by atomic mass is 9.75. The first-order valence-corrected chi connectivity index (χ1v) is 13.5. The Morgan fingerprint density at radius 2 is 1.31 bits per heavy atom. The summed E-state index contributed by atoms with van der Waals surface area (Å²) < 4.78 is 49.3. The van der Waals surface area contributed by atoms with Gasteiger partial charge in [-0.1, -0.05) is 88.4 Å². The third-order valence-electron chi connectivity index (χ3n) is 6.39. The Morgan fingerprint density at radius 1 is 0.857 bits per heavy atom. The van der Waals surface area contributed by atoms with Crippen molar-refractivity contribution in [1.29, 1.82) is 0 Å². The van der Waals surface area contributed by atoms with Gasteiger partial charge < -0.3 is 9.63 Å². The summed E-state index contributed by atoms with van der Waals surface area (Å²) in [5, 5.41) is 14.1. The van der Waals surface area contributed by atoms with Gasteiger partial charge in [-0.3, -0.25) is 0 Å². The van der Waals surface area contributed by atoms with E-state index in [0.717, 1.165) is 22.5 Å². The number of rotatable bonds is 9. The molecule has 0 bridgehead atoms. The second-order valence-corrected chi connectivity index (χ2v) is 12.5.